The molecule has 0 N–H and O–H groups in total. The first-order valence-electron chi connectivity index (χ1n) is 2.93. The number of hydrogen-bond acceptors (Lipinski definition) is 2. The molecule has 0 aliphatic rings. The number of aromatic nitrogens is 1. The van der Waals surface area contributed by atoms with Crippen molar-refractivity contribution in [3.63, 3.8) is 0 Å². The average molecular weight is 255 g/mol. The van der Waals surface area contributed by atoms with E-state index in [1.807, 2.05) is 36.4 Å². The number of hydrogen-bond donors (Lipinski definition) is 0. The molecule has 1 aromatic heterocycles. The molecule has 0 saturated carbocycles. The van der Waals surface area contributed by atoms with Gasteiger partial charge in [0.25, 0.3) is 9.85 Å². The van der Waals surface area contributed by atoms with Gasteiger partial charge in [-0.25, -0.2) is 0 Å². The highest BCUT2D eigenvalue weighted by Crippen LogP contribution is 2.19. The maximum absolute atomic E-state index is 12.7. The van der Waals surface area contributed by atoms with E-state index < -0.39 is 5.95 Å². The number of halogens is 2. The molecule has 0 fully saturated rings. The van der Waals surface area contributed by atoms with Crippen molar-refractivity contribution in [2.45, 2.75) is 19.8 Å². The fourth-order valence-corrected chi connectivity index (χ4v) is 1.09. The van der Waals surface area contributed by atoms with Crippen LogP contribution in [0.2, 0.25) is 0 Å². The second-order valence-corrected chi connectivity index (χ2v) is 3.20. The number of rotatable bonds is 1. The van der Waals surface area contributed by atoms with Crippen molar-refractivity contribution in [1.82, 2.24) is 4.98 Å². The van der Waals surface area contributed by atoms with E-state index in [4.69, 9.17) is 4.42 Å². The van der Waals surface area contributed by atoms with Crippen LogP contribution in [0, 0.1) is 9.85 Å². The van der Waals surface area contributed by atoms with Crippen molar-refractivity contribution >= 4 is 22.6 Å². The van der Waals surface area contributed by atoms with E-state index >= 15 is 0 Å². The Morgan fingerprint density at radius 1 is 1.60 bits per heavy atom. The van der Waals surface area contributed by atoms with Gasteiger partial charge in [-0.15, -0.1) is 0 Å². The van der Waals surface area contributed by atoms with Gasteiger partial charge in [-0.2, -0.15) is 9.37 Å². The molecule has 1 aromatic rings. The molecule has 0 saturated heterocycles. The number of oxazole rings is 1. The van der Waals surface area contributed by atoms with Crippen LogP contribution in [0.15, 0.2) is 4.42 Å². The van der Waals surface area contributed by atoms with Crippen molar-refractivity contribution in [2.75, 3.05) is 0 Å². The van der Waals surface area contributed by atoms with Gasteiger partial charge in [0.05, 0.1) is 0 Å². The third-order valence-corrected chi connectivity index (χ3v) is 1.57. The molecule has 0 amide bonds. The largest absolute Gasteiger partial charge is 0.433 e. The molecule has 0 spiro atoms. The maximum Gasteiger partial charge on any atom is 0.260 e. The quantitative estimate of drug-likeness (QED) is 0.720. The van der Waals surface area contributed by atoms with Gasteiger partial charge in [0, 0.05) is 28.5 Å². The Morgan fingerprint density at radius 2 is 2.20 bits per heavy atom. The van der Waals surface area contributed by atoms with Gasteiger partial charge in [0.15, 0.2) is 5.76 Å². The van der Waals surface area contributed by atoms with E-state index in [2.05, 4.69) is 4.98 Å². The van der Waals surface area contributed by atoms with Crippen molar-refractivity contribution in [2.24, 2.45) is 0 Å². The summed E-state index contributed by atoms with van der Waals surface area (Å²) in [5.41, 5.74) is 0. The van der Waals surface area contributed by atoms with Crippen molar-refractivity contribution in [3.05, 3.63) is 15.6 Å². The van der Waals surface area contributed by atoms with Gasteiger partial charge in [-0.05, 0) is 0 Å². The van der Waals surface area contributed by atoms with E-state index in [1.54, 1.807) is 0 Å². The summed E-state index contributed by atoms with van der Waals surface area (Å²) in [4.78, 5) is 3.49. The minimum atomic E-state index is -0.487. The highest BCUT2D eigenvalue weighted by atomic mass is 127. The van der Waals surface area contributed by atoms with Gasteiger partial charge in [-0.3, -0.25) is 0 Å². The van der Waals surface area contributed by atoms with Crippen LogP contribution in [0.5, 0.6) is 0 Å². The first-order valence-corrected chi connectivity index (χ1v) is 4.01. The number of nitrogens with zero attached hydrogens (tertiary/aromatic N) is 1. The molecule has 0 atom stereocenters. The predicted octanol–water partition coefficient (Wildman–Crippen LogP) is 2.54. The van der Waals surface area contributed by atoms with Gasteiger partial charge in [-0.1, -0.05) is 13.8 Å². The molecule has 2 nitrogen and oxygen atoms in total. The van der Waals surface area contributed by atoms with Crippen molar-refractivity contribution in [3.8, 4) is 0 Å². The molecule has 0 bridgehead atoms. The normalized spacial score (nSPS) is 10.9. The predicted molar refractivity (Wildman–Crippen MR) is 43.3 cm³/mol. The summed E-state index contributed by atoms with van der Waals surface area (Å²) < 4.78 is 18.0. The Kier molecular flexibility index (Phi) is 2.28. The molecule has 0 aliphatic heterocycles. The zero-order chi connectivity index (χ0) is 7.72. The molecule has 0 aliphatic carbocycles. The molecule has 0 aromatic carbocycles. The van der Waals surface area contributed by atoms with Crippen LogP contribution in [0.4, 0.5) is 4.39 Å². The van der Waals surface area contributed by atoms with E-state index in [9.17, 15) is 4.39 Å². The van der Waals surface area contributed by atoms with Gasteiger partial charge in [0.1, 0.15) is 0 Å². The van der Waals surface area contributed by atoms with E-state index in [1.165, 1.54) is 0 Å². The zero-order valence-corrected chi connectivity index (χ0v) is 7.85. The van der Waals surface area contributed by atoms with Crippen LogP contribution in [-0.2, 0) is 0 Å². The van der Waals surface area contributed by atoms with Crippen LogP contribution in [0.3, 0.4) is 0 Å². The molecule has 10 heavy (non-hydrogen) atoms. The van der Waals surface area contributed by atoms with Gasteiger partial charge < -0.3 is 4.42 Å². The fraction of sp³-hybridized carbons (Fsp3) is 0.500. The van der Waals surface area contributed by atoms with Gasteiger partial charge in [0.2, 0.25) is 0 Å². The minimum absolute atomic E-state index is 0.0658. The molecular weight excluding hydrogens is 248 g/mol. The lowest BCUT2D eigenvalue weighted by Crippen LogP contribution is -1.87. The average Bonchev–Trinajstić information content (AvgIpc) is 2.10. The van der Waals surface area contributed by atoms with Crippen LogP contribution in [-0.4, -0.2) is 4.98 Å². The standard InChI is InChI=1S/C6H7FINO/c1-3(2)4-5(7)9-6(8)10-4/h3H,1-2H3. The smallest absolute Gasteiger partial charge is 0.260 e. The Balaban J connectivity index is 3.03. The van der Waals surface area contributed by atoms with E-state index in [0.29, 0.717) is 9.66 Å². The minimum Gasteiger partial charge on any atom is -0.433 e. The Bertz CT molecular complexity index is 234. The lowest BCUT2D eigenvalue weighted by Gasteiger charge is -1.95. The summed E-state index contributed by atoms with van der Waals surface area (Å²) in [5, 5.41) is 0. The molecule has 0 radical (unpaired) electrons. The Morgan fingerprint density at radius 3 is 2.40 bits per heavy atom. The molecule has 1 rings (SSSR count). The van der Waals surface area contributed by atoms with Crippen LogP contribution in [0.25, 0.3) is 0 Å². The molecule has 1 heterocycles. The van der Waals surface area contributed by atoms with Crippen molar-refractivity contribution in [1.29, 1.82) is 0 Å². The topological polar surface area (TPSA) is 26.0 Å². The highest BCUT2D eigenvalue weighted by Gasteiger charge is 2.13. The van der Waals surface area contributed by atoms with Crippen LogP contribution < -0.4 is 0 Å². The third kappa shape index (κ3) is 1.47. The highest BCUT2D eigenvalue weighted by molar-refractivity contribution is 14.1. The maximum atomic E-state index is 12.7. The first kappa shape index (κ1) is 7.97. The summed E-state index contributed by atoms with van der Waals surface area (Å²) >= 11 is 1.84. The Hall–Kier alpha value is -0.130. The lowest BCUT2D eigenvalue weighted by molar-refractivity contribution is 0.436. The van der Waals surface area contributed by atoms with E-state index in [-0.39, 0.29) is 5.92 Å². The SMILES string of the molecule is CC(C)c1oc(I)nc1F. The molecule has 4 heteroatoms. The van der Waals surface area contributed by atoms with Crippen LogP contribution in [0.1, 0.15) is 25.5 Å². The monoisotopic (exact) mass is 255 g/mol. The summed E-state index contributed by atoms with van der Waals surface area (Å²) in [6, 6.07) is 0. The third-order valence-electron chi connectivity index (χ3n) is 1.11. The Labute approximate surface area is 72.0 Å². The summed E-state index contributed by atoms with van der Waals surface area (Å²) in [5.74, 6) is -0.0835. The molecule has 0 unspecified atom stereocenters. The lowest BCUT2D eigenvalue weighted by atomic mass is 10.2. The second kappa shape index (κ2) is 2.86. The fourth-order valence-electron chi connectivity index (χ4n) is 0.644. The second-order valence-electron chi connectivity index (χ2n) is 2.28. The zero-order valence-electron chi connectivity index (χ0n) is 5.69. The first-order chi connectivity index (χ1) is 4.61. The summed E-state index contributed by atoms with van der Waals surface area (Å²) in [6.45, 7) is 3.72. The van der Waals surface area contributed by atoms with E-state index in [0.717, 1.165) is 0 Å². The van der Waals surface area contributed by atoms with Crippen LogP contribution >= 0.6 is 22.6 Å². The summed E-state index contributed by atoms with van der Waals surface area (Å²) in [6.07, 6.45) is 0. The van der Waals surface area contributed by atoms with Gasteiger partial charge >= 0.3 is 0 Å². The summed E-state index contributed by atoms with van der Waals surface area (Å²) in [7, 11) is 0. The molecular formula is C6H7FINO. The van der Waals surface area contributed by atoms with Crippen molar-refractivity contribution < 1.29 is 8.81 Å². The molecule has 56 valence electrons.